The molecule has 0 radical (unpaired) electrons. The molecule has 0 atom stereocenters. The van der Waals surface area contributed by atoms with Gasteiger partial charge in [-0.15, -0.1) is 0 Å². The summed E-state index contributed by atoms with van der Waals surface area (Å²) in [5.74, 6) is 0. The normalized spacial score (nSPS) is 12.8. The van der Waals surface area contributed by atoms with Gasteiger partial charge in [-0.3, -0.25) is 0 Å². The molecule has 0 aromatic rings. The van der Waals surface area contributed by atoms with Crippen molar-refractivity contribution in [1.29, 1.82) is 0 Å². The highest BCUT2D eigenvalue weighted by Gasteiger charge is 2.26. The lowest BCUT2D eigenvalue weighted by atomic mass is 10.4. The molecule has 0 aliphatic carbocycles. The lowest BCUT2D eigenvalue weighted by Gasteiger charge is -2.37. The Morgan fingerprint density at radius 2 is 1.33 bits per heavy atom. The second kappa shape index (κ2) is 7.63. The summed E-state index contributed by atoms with van der Waals surface area (Å²) in [5, 5.41) is 0. The van der Waals surface area contributed by atoms with Crippen molar-refractivity contribution in [3.63, 3.8) is 0 Å². The van der Waals surface area contributed by atoms with Crippen molar-refractivity contribution < 1.29 is 0 Å². The van der Waals surface area contributed by atoms with Crippen LogP contribution in [0.25, 0.3) is 0 Å². The summed E-state index contributed by atoms with van der Waals surface area (Å²) in [5.41, 5.74) is 0. The zero-order valence-corrected chi connectivity index (χ0v) is 13.9. The monoisotopic (exact) mass is 245 g/mol. The molecule has 0 rings (SSSR count). The van der Waals surface area contributed by atoms with Gasteiger partial charge in [0.2, 0.25) is 0 Å². The highest BCUT2D eigenvalue weighted by Crippen LogP contribution is 2.18. The van der Waals surface area contributed by atoms with Crippen LogP contribution in [0.3, 0.4) is 0 Å². The Labute approximate surface area is 100 Å². The van der Waals surface area contributed by atoms with Gasteiger partial charge in [-0.1, -0.05) is 59.2 Å². The van der Waals surface area contributed by atoms with E-state index in [4.69, 9.17) is 0 Å². The fourth-order valence-electron chi connectivity index (χ4n) is 1.96. The predicted molar refractivity (Wildman–Crippen MR) is 77.7 cm³/mol. The molecule has 1 nitrogen and oxygen atoms in total. The Balaban J connectivity index is 4.20. The molecule has 0 aromatic carbocycles. The first kappa shape index (κ1) is 15.4. The SMILES string of the molecule is CCCC[SiH](CCCC)N(C)[Si](C)(C)C. The van der Waals surface area contributed by atoms with E-state index in [1.807, 2.05) is 0 Å². The van der Waals surface area contributed by atoms with Crippen molar-refractivity contribution in [1.82, 2.24) is 4.23 Å². The Morgan fingerprint density at radius 1 is 0.933 bits per heavy atom. The molecule has 15 heavy (non-hydrogen) atoms. The van der Waals surface area contributed by atoms with Gasteiger partial charge in [0.05, 0.1) is 0 Å². The van der Waals surface area contributed by atoms with E-state index in [-0.39, 0.29) is 0 Å². The Morgan fingerprint density at radius 3 is 1.60 bits per heavy atom. The van der Waals surface area contributed by atoms with E-state index in [9.17, 15) is 0 Å². The number of unbranched alkanes of at least 4 members (excludes halogenated alkanes) is 2. The second-order valence-corrected chi connectivity index (χ2v) is 14.5. The molecular weight excluding hydrogens is 214 g/mol. The first-order chi connectivity index (χ1) is 6.93. The van der Waals surface area contributed by atoms with Crippen molar-refractivity contribution in [3.8, 4) is 0 Å². The maximum Gasteiger partial charge on any atom is 0.111 e. The zero-order chi connectivity index (χ0) is 11.9. The fourth-order valence-corrected chi connectivity index (χ4v) is 9.94. The van der Waals surface area contributed by atoms with Crippen LogP contribution in [0.2, 0.25) is 31.7 Å². The van der Waals surface area contributed by atoms with Gasteiger partial charge >= 0.3 is 0 Å². The van der Waals surface area contributed by atoms with E-state index < -0.39 is 17.2 Å². The predicted octanol–water partition coefficient (Wildman–Crippen LogP) is 4.08. The van der Waals surface area contributed by atoms with Crippen molar-refractivity contribution >= 4 is 17.2 Å². The molecule has 0 aliphatic rings. The highest BCUT2D eigenvalue weighted by molar-refractivity contribution is 6.83. The maximum absolute atomic E-state index is 2.85. The van der Waals surface area contributed by atoms with Gasteiger partial charge < -0.3 is 4.23 Å². The molecule has 0 aromatic heterocycles. The summed E-state index contributed by atoms with van der Waals surface area (Å²) in [6, 6.07) is 3.08. The van der Waals surface area contributed by atoms with Crippen LogP contribution in [-0.4, -0.2) is 28.5 Å². The second-order valence-electron chi connectivity index (χ2n) is 5.72. The van der Waals surface area contributed by atoms with Gasteiger partial charge in [0.1, 0.15) is 17.2 Å². The van der Waals surface area contributed by atoms with Crippen LogP contribution in [0, 0.1) is 0 Å². The van der Waals surface area contributed by atoms with Crippen LogP contribution in [0.15, 0.2) is 0 Å². The standard InChI is InChI=1S/C12H31NSi2/c1-7-9-11-14(12-10-8-2)13(3)15(4,5)6/h14H,7-12H2,1-6H3. The Kier molecular flexibility index (Phi) is 7.83. The molecule has 0 saturated carbocycles. The Bertz CT molecular complexity index is 146. The molecule has 0 spiro atoms. The minimum atomic E-state index is -1.03. The molecular formula is C12H31NSi2. The van der Waals surface area contributed by atoms with Gasteiger partial charge in [-0.2, -0.15) is 0 Å². The van der Waals surface area contributed by atoms with Gasteiger partial charge in [-0.05, 0) is 19.1 Å². The minimum Gasteiger partial charge on any atom is -0.351 e. The van der Waals surface area contributed by atoms with Crippen LogP contribution in [0.4, 0.5) is 0 Å². The number of rotatable bonds is 8. The third-order valence-electron chi connectivity index (χ3n) is 3.39. The molecule has 0 N–H and O–H groups in total. The van der Waals surface area contributed by atoms with Gasteiger partial charge in [0, 0.05) is 0 Å². The Hall–Kier alpha value is 0.394. The fraction of sp³-hybridized carbons (Fsp3) is 1.00. The van der Waals surface area contributed by atoms with Crippen LogP contribution in [-0.2, 0) is 0 Å². The smallest absolute Gasteiger partial charge is 0.111 e. The molecule has 0 saturated heterocycles. The summed E-state index contributed by atoms with van der Waals surface area (Å²) in [6.07, 6.45) is 5.65. The average Bonchev–Trinajstić information content (AvgIpc) is 2.16. The van der Waals surface area contributed by atoms with Gasteiger partial charge in [0.15, 0.2) is 0 Å². The summed E-state index contributed by atoms with van der Waals surface area (Å²) >= 11 is 0. The van der Waals surface area contributed by atoms with Crippen LogP contribution in [0.5, 0.6) is 0 Å². The minimum absolute atomic E-state index is 0.593. The molecule has 0 amide bonds. The van der Waals surface area contributed by atoms with Crippen molar-refractivity contribution in [3.05, 3.63) is 0 Å². The largest absolute Gasteiger partial charge is 0.351 e. The third-order valence-corrected chi connectivity index (χ3v) is 12.2. The summed E-state index contributed by atoms with van der Waals surface area (Å²) < 4.78 is 2.85. The van der Waals surface area contributed by atoms with E-state index >= 15 is 0 Å². The molecule has 0 aliphatic heterocycles. The summed E-state index contributed by atoms with van der Waals surface area (Å²) in [7, 11) is 0.789. The van der Waals surface area contributed by atoms with E-state index in [0.29, 0.717) is 0 Å². The van der Waals surface area contributed by atoms with Crippen LogP contribution >= 0.6 is 0 Å². The lowest BCUT2D eigenvalue weighted by Crippen LogP contribution is -2.51. The quantitative estimate of drug-likeness (QED) is 0.583. The van der Waals surface area contributed by atoms with Crippen molar-refractivity contribution in [2.24, 2.45) is 0 Å². The van der Waals surface area contributed by atoms with Gasteiger partial charge in [-0.25, -0.2) is 0 Å². The highest BCUT2D eigenvalue weighted by atomic mass is 28.4. The van der Waals surface area contributed by atoms with E-state index in [2.05, 4.69) is 44.8 Å². The first-order valence-corrected chi connectivity index (χ1v) is 12.3. The molecule has 0 fully saturated rings. The molecule has 0 unspecified atom stereocenters. The summed E-state index contributed by atoms with van der Waals surface area (Å²) in [4.78, 5) is 0. The van der Waals surface area contributed by atoms with Crippen LogP contribution < -0.4 is 0 Å². The van der Waals surface area contributed by atoms with E-state index in [1.54, 1.807) is 0 Å². The van der Waals surface area contributed by atoms with Crippen LogP contribution in [0.1, 0.15) is 39.5 Å². The average molecular weight is 246 g/mol. The first-order valence-electron chi connectivity index (χ1n) is 6.66. The van der Waals surface area contributed by atoms with Crippen molar-refractivity contribution in [2.45, 2.75) is 71.3 Å². The molecule has 3 heteroatoms. The number of hydrogen-bond acceptors (Lipinski definition) is 1. The number of nitrogens with zero attached hydrogens (tertiary/aromatic N) is 1. The maximum atomic E-state index is 2.85. The zero-order valence-electron chi connectivity index (χ0n) is 11.8. The van der Waals surface area contributed by atoms with E-state index in [1.165, 1.54) is 37.8 Å². The van der Waals surface area contributed by atoms with E-state index in [0.717, 1.165) is 0 Å². The molecule has 92 valence electrons. The molecule has 0 bridgehead atoms. The topological polar surface area (TPSA) is 3.24 Å². The summed E-state index contributed by atoms with van der Waals surface area (Å²) in [6.45, 7) is 12.1. The lowest BCUT2D eigenvalue weighted by molar-refractivity contribution is 0.720. The van der Waals surface area contributed by atoms with Crippen molar-refractivity contribution in [2.75, 3.05) is 7.05 Å². The number of hydrogen-bond donors (Lipinski definition) is 0. The third kappa shape index (κ3) is 6.53. The van der Waals surface area contributed by atoms with Gasteiger partial charge in [0.25, 0.3) is 0 Å². The molecule has 0 heterocycles.